The molecule has 0 aromatic carbocycles. The van der Waals surface area contributed by atoms with Crippen molar-refractivity contribution in [2.45, 2.75) is 58.8 Å². The molecule has 3 aliphatic carbocycles. The van der Waals surface area contributed by atoms with Crippen molar-refractivity contribution >= 4 is 0 Å². The minimum Gasteiger partial charge on any atom is -0.0654 e. The third kappa shape index (κ3) is 1.10. The van der Waals surface area contributed by atoms with E-state index >= 15 is 0 Å². The zero-order chi connectivity index (χ0) is 9.10. The predicted octanol–water partition coefficient (Wildman–Crippen LogP) is 4.00. The molecule has 13 heavy (non-hydrogen) atoms. The second kappa shape index (κ2) is 2.32. The van der Waals surface area contributed by atoms with Crippen LogP contribution in [-0.4, -0.2) is 0 Å². The summed E-state index contributed by atoms with van der Waals surface area (Å²) in [6.07, 6.45) is 10.8. The van der Waals surface area contributed by atoms with Gasteiger partial charge in [0.15, 0.2) is 0 Å². The first-order valence-electron chi connectivity index (χ1n) is 6.20. The fourth-order valence-corrected chi connectivity index (χ4v) is 4.29. The molecule has 3 aliphatic rings. The van der Waals surface area contributed by atoms with Gasteiger partial charge in [-0.15, -0.1) is 0 Å². The largest absolute Gasteiger partial charge is 0.0654 e. The van der Waals surface area contributed by atoms with E-state index in [0.717, 1.165) is 16.7 Å². The summed E-state index contributed by atoms with van der Waals surface area (Å²) < 4.78 is 0. The Bertz CT molecular complexity index is 224. The third-order valence-corrected chi connectivity index (χ3v) is 5.13. The number of fused-ring (bicyclic) bond motifs is 1. The van der Waals surface area contributed by atoms with Gasteiger partial charge in [0.1, 0.15) is 0 Å². The van der Waals surface area contributed by atoms with Gasteiger partial charge in [0.2, 0.25) is 0 Å². The average Bonchev–Trinajstić information content (AvgIpc) is 2.92. The summed E-state index contributed by atoms with van der Waals surface area (Å²) in [5.74, 6) is 2.25. The maximum Gasteiger partial charge on any atom is -0.0256 e. The van der Waals surface area contributed by atoms with Gasteiger partial charge in [-0.05, 0) is 61.2 Å². The first kappa shape index (κ1) is 8.32. The normalized spacial score (nSPS) is 49.4. The summed E-state index contributed by atoms with van der Waals surface area (Å²) in [6, 6.07) is 0. The monoisotopic (exact) mass is 178 g/mol. The van der Waals surface area contributed by atoms with Crippen molar-refractivity contribution in [2.24, 2.45) is 22.7 Å². The van der Waals surface area contributed by atoms with Crippen LogP contribution in [0.2, 0.25) is 0 Å². The van der Waals surface area contributed by atoms with Crippen LogP contribution in [0.3, 0.4) is 0 Å². The lowest BCUT2D eigenvalue weighted by molar-refractivity contribution is 0.145. The van der Waals surface area contributed by atoms with Gasteiger partial charge in [0, 0.05) is 0 Å². The summed E-state index contributed by atoms with van der Waals surface area (Å²) in [4.78, 5) is 0. The molecule has 0 amide bonds. The summed E-state index contributed by atoms with van der Waals surface area (Å²) in [5.41, 5.74) is 1.77. The van der Waals surface area contributed by atoms with Crippen molar-refractivity contribution in [1.29, 1.82) is 0 Å². The Kier molecular flexibility index (Phi) is 1.49. The topological polar surface area (TPSA) is 0 Å². The van der Waals surface area contributed by atoms with Crippen molar-refractivity contribution in [3.63, 3.8) is 0 Å². The summed E-state index contributed by atoms with van der Waals surface area (Å²) in [5, 5.41) is 0. The second-order valence-corrected chi connectivity index (χ2v) is 6.28. The van der Waals surface area contributed by atoms with E-state index in [1.165, 1.54) is 18.8 Å². The van der Waals surface area contributed by atoms with Crippen LogP contribution in [0, 0.1) is 22.7 Å². The molecule has 3 fully saturated rings. The summed E-state index contributed by atoms with van der Waals surface area (Å²) in [7, 11) is 0. The van der Waals surface area contributed by atoms with Crippen LogP contribution in [-0.2, 0) is 0 Å². The highest BCUT2D eigenvalue weighted by Gasteiger charge is 2.67. The summed E-state index contributed by atoms with van der Waals surface area (Å²) in [6.45, 7) is 4.81. The van der Waals surface area contributed by atoms with Gasteiger partial charge in [0.25, 0.3) is 0 Å². The third-order valence-electron chi connectivity index (χ3n) is 5.13. The highest BCUT2D eigenvalue weighted by atomic mass is 14.7. The Morgan fingerprint density at radius 3 is 2.38 bits per heavy atom. The molecule has 3 rings (SSSR count). The second-order valence-electron chi connectivity index (χ2n) is 6.28. The van der Waals surface area contributed by atoms with Gasteiger partial charge in [0.05, 0.1) is 0 Å². The van der Waals surface area contributed by atoms with Gasteiger partial charge >= 0.3 is 0 Å². The van der Waals surface area contributed by atoms with E-state index in [4.69, 9.17) is 0 Å². The Morgan fingerprint density at radius 2 is 2.00 bits per heavy atom. The Balaban J connectivity index is 1.59. The molecule has 0 aromatic heterocycles. The van der Waals surface area contributed by atoms with Crippen LogP contribution in [0.5, 0.6) is 0 Å². The van der Waals surface area contributed by atoms with Crippen LogP contribution in [0.1, 0.15) is 58.8 Å². The smallest absolute Gasteiger partial charge is 0.0256 e. The molecule has 0 heteroatoms. The van der Waals surface area contributed by atoms with Crippen molar-refractivity contribution in [1.82, 2.24) is 0 Å². The van der Waals surface area contributed by atoms with Crippen molar-refractivity contribution in [3.05, 3.63) is 0 Å². The van der Waals surface area contributed by atoms with E-state index in [-0.39, 0.29) is 0 Å². The first-order chi connectivity index (χ1) is 6.20. The highest BCUT2D eigenvalue weighted by molar-refractivity contribution is 5.17. The van der Waals surface area contributed by atoms with E-state index < -0.39 is 0 Å². The van der Waals surface area contributed by atoms with E-state index in [9.17, 15) is 0 Å². The zero-order valence-electron chi connectivity index (χ0n) is 9.10. The molecule has 0 nitrogen and oxygen atoms in total. The van der Waals surface area contributed by atoms with E-state index in [1.54, 1.807) is 32.1 Å². The standard InChI is InChI=1S/C13H22/c1-3-4-12(5-6-12)9-13-7-10(2)11(13)8-13/h10-11H,3-9H2,1-2H3. The number of rotatable bonds is 4. The zero-order valence-corrected chi connectivity index (χ0v) is 9.10. The molecule has 0 bridgehead atoms. The fraction of sp³-hybridized carbons (Fsp3) is 1.00. The molecule has 0 aliphatic heterocycles. The van der Waals surface area contributed by atoms with Gasteiger partial charge in [-0.2, -0.15) is 0 Å². The summed E-state index contributed by atoms with van der Waals surface area (Å²) >= 11 is 0. The van der Waals surface area contributed by atoms with Gasteiger partial charge < -0.3 is 0 Å². The van der Waals surface area contributed by atoms with Crippen LogP contribution in [0.15, 0.2) is 0 Å². The minimum absolute atomic E-state index is 0.865. The maximum absolute atomic E-state index is 2.45. The molecule has 0 saturated heterocycles. The fourth-order valence-electron chi connectivity index (χ4n) is 4.29. The quantitative estimate of drug-likeness (QED) is 0.610. The molecule has 0 spiro atoms. The molecule has 3 unspecified atom stereocenters. The number of hydrogen-bond donors (Lipinski definition) is 0. The van der Waals surface area contributed by atoms with Gasteiger partial charge in [-0.25, -0.2) is 0 Å². The maximum atomic E-state index is 2.45. The van der Waals surface area contributed by atoms with Crippen LogP contribution >= 0.6 is 0 Å². The number of hydrogen-bond acceptors (Lipinski definition) is 0. The predicted molar refractivity (Wildman–Crippen MR) is 55.5 cm³/mol. The van der Waals surface area contributed by atoms with Crippen molar-refractivity contribution in [3.8, 4) is 0 Å². The van der Waals surface area contributed by atoms with Gasteiger partial charge in [-0.1, -0.05) is 20.3 Å². The molecule has 74 valence electrons. The van der Waals surface area contributed by atoms with E-state index in [1.807, 2.05) is 0 Å². The molecule has 0 N–H and O–H groups in total. The van der Waals surface area contributed by atoms with Gasteiger partial charge in [-0.3, -0.25) is 0 Å². The Hall–Kier alpha value is 0. The van der Waals surface area contributed by atoms with Crippen molar-refractivity contribution < 1.29 is 0 Å². The first-order valence-corrected chi connectivity index (χ1v) is 6.20. The Labute approximate surface area is 82.1 Å². The van der Waals surface area contributed by atoms with Crippen molar-refractivity contribution in [2.75, 3.05) is 0 Å². The van der Waals surface area contributed by atoms with E-state index in [0.29, 0.717) is 0 Å². The molecule has 3 atom stereocenters. The van der Waals surface area contributed by atoms with Crippen LogP contribution in [0.4, 0.5) is 0 Å². The van der Waals surface area contributed by atoms with Crippen LogP contribution < -0.4 is 0 Å². The molecule has 0 heterocycles. The molecule has 0 radical (unpaired) electrons. The average molecular weight is 178 g/mol. The SMILES string of the molecule is CCCC1(CC23CC(C)C2C3)CC1. The lowest BCUT2D eigenvalue weighted by Gasteiger charge is -2.35. The highest BCUT2D eigenvalue weighted by Crippen LogP contribution is 2.77. The lowest BCUT2D eigenvalue weighted by Crippen LogP contribution is -2.26. The molecule has 0 aromatic rings. The minimum atomic E-state index is 0.865. The van der Waals surface area contributed by atoms with E-state index in [2.05, 4.69) is 13.8 Å². The lowest BCUT2D eigenvalue weighted by atomic mass is 9.70. The Morgan fingerprint density at radius 1 is 1.23 bits per heavy atom. The molecular formula is C13H22. The van der Waals surface area contributed by atoms with Crippen LogP contribution in [0.25, 0.3) is 0 Å². The molecular weight excluding hydrogens is 156 g/mol. The molecule has 3 saturated carbocycles.